The highest BCUT2D eigenvalue weighted by Gasteiger charge is 2.23. The first-order chi connectivity index (χ1) is 6.27. The van der Waals surface area contributed by atoms with E-state index >= 15 is 0 Å². The van der Waals surface area contributed by atoms with Gasteiger partial charge in [-0.2, -0.15) is 0 Å². The molecular formula is C11H24N2. The van der Waals surface area contributed by atoms with Crippen molar-refractivity contribution < 1.29 is 0 Å². The van der Waals surface area contributed by atoms with E-state index in [2.05, 4.69) is 18.9 Å². The van der Waals surface area contributed by atoms with Crippen molar-refractivity contribution in [3.8, 4) is 0 Å². The largest absolute Gasteiger partial charge is 0.330 e. The predicted octanol–water partition coefficient (Wildman–Crippen LogP) is 1.85. The van der Waals surface area contributed by atoms with Crippen molar-refractivity contribution in [1.82, 2.24) is 4.90 Å². The molecule has 2 N–H and O–H groups in total. The standard InChI is InChI=1S/C11H24N2/c1-3-5-10(8-12)9-13(2)11-6-4-7-11/h10-11H,3-9,12H2,1-2H3. The van der Waals surface area contributed by atoms with Crippen LogP contribution in [0.2, 0.25) is 0 Å². The summed E-state index contributed by atoms with van der Waals surface area (Å²) >= 11 is 0. The molecule has 0 amide bonds. The number of hydrogen-bond donors (Lipinski definition) is 1. The second-order valence-electron chi connectivity index (χ2n) is 4.41. The van der Waals surface area contributed by atoms with Crippen LogP contribution in [0.15, 0.2) is 0 Å². The maximum absolute atomic E-state index is 5.74. The molecule has 0 aliphatic heterocycles. The number of nitrogens with zero attached hydrogens (tertiary/aromatic N) is 1. The maximum Gasteiger partial charge on any atom is 0.00923 e. The molecule has 0 aromatic heterocycles. The van der Waals surface area contributed by atoms with Gasteiger partial charge in [-0.3, -0.25) is 0 Å². The molecule has 0 saturated heterocycles. The summed E-state index contributed by atoms with van der Waals surface area (Å²) < 4.78 is 0. The van der Waals surface area contributed by atoms with Crippen LogP contribution in [0.1, 0.15) is 39.0 Å². The molecule has 0 aromatic carbocycles. The van der Waals surface area contributed by atoms with Crippen molar-refractivity contribution in [2.45, 2.75) is 45.1 Å². The Morgan fingerprint density at radius 1 is 1.46 bits per heavy atom. The third-order valence-electron chi connectivity index (χ3n) is 3.27. The lowest BCUT2D eigenvalue weighted by Crippen LogP contribution is -2.41. The second kappa shape index (κ2) is 5.61. The van der Waals surface area contributed by atoms with Crippen LogP contribution in [-0.2, 0) is 0 Å². The molecule has 1 unspecified atom stereocenters. The Bertz CT molecular complexity index is 132. The molecule has 1 aliphatic rings. The minimum absolute atomic E-state index is 0.718. The zero-order valence-electron chi connectivity index (χ0n) is 9.13. The van der Waals surface area contributed by atoms with Crippen molar-refractivity contribution in [3.05, 3.63) is 0 Å². The minimum atomic E-state index is 0.718. The van der Waals surface area contributed by atoms with Crippen LogP contribution in [-0.4, -0.2) is 31.1 Å². The summed E-state index contributed by atoms with van der Waals surface area (Å²) in [5.74, 6) is 0.718. The summed E-state index contributed by atoms with van der Waals surface area (Å²) in [6, 6.07) is 0.867. The van der Waals surface area contributed by atoms with Crippen molar-refractivity contribution in [2.24, 2.45) is 11.7 Å². The Hall–Kier alpha value is -0.0800. The fourth-order valence-corrected chi connectivity index (χ4v) is 2.08. The van der Waals surface area contributed by atoms with Gasteiger partial charge >= 0.3 is 0 Å². The van der Waals surface area contributed by atoms with Crippen LogP contribution in [0.4, 0.5) is 0 Å². The summed E-state index contributed by atoms with van der Waals surface area (Å²) in [4.78, 5) is 2.51. The molecule has 1 aliphatic carbocycles. The second-order valence-corrected chi connectivity index (χ2v) is 4.41. The molecule has 1 saturated carbocycles. The van der Waals surface area contributed by atoms with Gasteiger partial charge in [-0.25, -0.2) is 0 Å². The van der Waals surface area contributed by atoms with E-state index in [1.807, 2.05) is 0 Å². The average Bonchev–Trinajstić information content (AvgIpc) is 2.00. The zero-order valence-corrected chi connectivity index (χ0v) is 9.13. The Morgan fingerprint density at radius 3 is 2.54 bits per heavy atom. The van der Waals surface area contributed by atoms with Crippen molar-refractivity contribution in [1.29, 1.82) is 0 Å². The topological polar surface area (TPSA) is 29.3 Å². The van der Waals surface area contributed by atoms with E-state index < -0.39 is 0 Å². The lowest BCUT2D eigenvalue weighted by atomic mass is 9.90. The molecular weight excluding hydrogens is 160 g/mol. The Labute approximate surface area is 82.5 Å². The smallest absolute Gasteiger partial charge is 0.00923 e. The number of rotatable bonds is 6. The molecule has 0 spiro atoms. The molecule has 2 heteroatoms. The monoisotopic (exact) mass is 184 g/mol. The van der Waals surface area contributed by atoms with Crippen LogP contribution in [0.25, 0.3) is 0 Å². The molecule has 0 radical (unpaired) electrons. The lowest BCUT2D eigenvalue weighted by molar-refractivity contribution is 0.136. The van der Waals surface area contributed by atoms with E-state index in [1.165, 1.54) is 38.6 Å². The molecule has 78 valence electrons. The summed E-state index contributed by atoms with van der Waals surface area (Å²) in [7, 11) is 2.25. The van der Waals surface area contributed by atoms with E-state index in [0.29, 0.717) is 0 Å². The van der Waals surface area contributed by atoms with Gasteiger partial charge < -0.3 is 10.6 Å². The Kier molecular flexibility index (Phi) is 4.74. The highest BCUT2D eigenvalue weighted by atomic mass is 15.1. The minimum Gasteiger partial charge on any atom is -0.330 e. The number of hydrogen-bond acceptors (Lipinski definition) is 2. The van der Waals surface area contributed by atoms with Gasteiger partial charge in [-0.1, -0.05) is 19.8 Å². The van der Waals surface area contributed by atoms with Gasteiger partial charge in [0, 0.05) is 12.6 Å². The fourth-order valence-electron chi connectivity index (χ4n) is 2.08. The summed E-state index contributed by atoms with van der Waals surface area (Å²) in [5, 5.41) is 0. The van der Waals surface area contributed by atoms with Crippen LogP contribution < -0.4 is 5.73 Å². The van der Waals surface area contributed by atoms with Gasteiger partial charge in [0.15, 0.2) is 0 Å². The Balaban J connectivity index is 2.18. The van der Waals surface area contributed by atoms with Crippen LogP contribution in [0.3, 0.4) is 0 Å². The van der Waals surface area contributed by atoms with Crippen LogP contribution in [0.5, 0.6) is 0 Å². The first-order valence-corrected chi connectivity index (χ1v) is 5.68. The van der Waals surface area contributed by atoms with E-state index in [9.17, 15) is 0 Å². The van der Waals surface area contributed by atoms with Gasteiger partial charge in [0.25, 0.3) is 0 Å². The van der Waals surface area contributed by atoms with Gasteiger partial charge in [-0.15, -0.1) is 0 Å². The maximum atomic E-state index is 5.74. The van der Waals surface area contributed by atoms with Gasteiger partial charge in [-0.05, 0) is 38.8 Å². The molecule has 0 heterocycles. The summed E-state index contributed by atoms with van der Waals surface area (Å²) in [6.07, 6.45) is 6.78. The highest BCUT2D eigenvalue weighted by molar-refractivity contribution is 4.79. The molecule has 1 fully saturated rings. The predicted molar refractivity (Wildman–Crippen MR) is 57.7 cm³/mol. The third kappa shape index (κ3) is 3.28. The zero-order chi connectivity index (χ0) is 9.68. The van der Waals surface area contributed by atoms with Crippen molar-refractivity contribution in [3.63, 3.8) is 0 Å². The highest BCUT2D eigenvalue weighted by Crippen LogP contribution is 2.24. The third-order valence-corrected chi connectivity index (χ3v) is 3.27. The van der Waals surface area contributed by atoms with E-state index in [1.54, 1.807) is 0 Å². The van der Waals surface area contributed by atoms with Gasteiger partial charge in [0.1, 0.15) is 0 Å². The molecule has 13 heavy (non-hydrogen) atoms. The SMILES string of the molecule is CCCC(CN)CN(C)C1CCC1. The molecule has 0 bridgehead atoms. The average molecular weight is 184 g/mol. The first-order valence-electron chi connectivity index (χ1n) is 5.68. The van der Waals surface area contributed by atoms with E-state index in [4.69, 9.17) is 5.73 Å². The lowest BCUT2D eigenvalue weighted by Gasteiger charge is -2.36. The van der Waals surface area contributed by atoms with Crippen molar-refractivity contribution >= 4 is 0 Å². The van der Waals surface area contributed by atoms with E-state index in [-0.39, 0.29) is 0 Å². The Morgan fingerprint density at radius 2 is 2.15 bits per heavy atom. The normalized spacial score (nSPS) is 20.3. The summed E-state index contributed by atoms with van der Waals surface area (Å²) in [6.45, 7) is 4.30. The van der Waals surface area contributed by atoms with Crippen LogP contribution in [0, 0.1) is 5.92 Å². The van der Waals surface area contributed by atoms with Gasteiger partial charge in [0.2, 0.25) is 0 Å². The quantitative estimate of drug-likeness (QED) is 0.682. The number of nitrogens with two attached hydrogens (primary N) is 1. The van der Waals surface area contributed by atoms with E-state index in [0.717, 1.165) is 18.5 Å². The first kappa shape index (κ1) is 11.0. The van der Waals surface area contributed by atoms with Gasteiger partial charge in [0.05, 0.1) is 0 Å². The molecule has 1 atom stereocenters. The van der Waals surface area contributed by atoms with Crippen molar-refractivity contribution in [2.75, 3.05) is 20.1 Å². The molecule has 1 rings (SSSR count). The molecule has 0 aromatic rings. The van der Waals surface area contributed by atoms with Crippen LogP contribution >= 0.6 is 0 Å². The molecule has 2 nitrogen and oxygen atoms in total. The summed E-state index contributed by atoms with van der Waals surface area (Å²) in [5.41, 5.74) is 5.74. The fraction of sp³-hybridized carbons (Fsp3) is 1.00.